The Balaban J connectivity index is 1.40. The van der Waals surface area contributed by atoms with Crippen LogP contribution in [0.2, 0.25) is 0 Å². The average Bonchev–Trinajstić information content (AvgIpc) is 3.32. The van der Waals surface area contributed by atoms with E-state index in [4.69, 9.17) is 5.11 Å². The third kappa shape index (κ3) is 20.2. The summed E-state index contributed by atoms with van der Waals surface area (Å²) < 4.78 is 79.3. The fourth-order valence-corrected chi connectivity index (χ4v) is 8.21. The summed E-state index contributed by atoms with van der Waals surface area (Å²) in [6.07, 6.45) is -0.0891. The first-order chi connectivity index (χ1) is 34.8. The number of carbonyl (C=O) groups is 9. The van der Waals surface area contributed by atoms with Gasteiger partial charge in [0.05, 0.1) is 5.56 Å². The molecular weight excluding hydrogens is 1020 g/mol. The second-order valence-corrected chi connectivity index (χ2v) is 19.4. The molecule has 7 amide bonds. The number of pyridine rings is 1. The number of aromatic nitrogens is 1. The van der Waals surface area contributed by atoms with Crippen LogP contribution in [0.15, 0.2) is 85.1 Å². The Bertz CT molecular complexity index is 2950. The highest BCUT2D eigenvalue weighted by molar-refractivity contribution is 7.86. The van der Waals surface area contributed by atoms with Crippen LogP contribution in [0.25, 0.3) is 10.8 Å². The lowest BCUT2D eigenvalue weighted by Gasteiger charge is -2.22. The number of unbranched alkanes of at least 4 members (excludes halogenated alkanes) is 1. The number of hydrogen-bond acceptors (Lipinski definition) is 14. The van der Waals surface area contributed by atoms with Crippen molar-refractivity contribution in [3.05, 3.63) is 113 Å². The van der Waals surface area contributed by atoms with Crippen LogP contribution in [-0.2, 0) is 62.0 Å². The maximum atomic E-state index is 13.6. The molecule has 398 valence electrons. The van der Waals surface area contributed by atoms with Gasteiger partial charge in [0.25, 0.3) is 32.1 Å². The van der Waals surface area contributed by atoms with E-state index in [-0.39, 0.29) is 49.9 Å². The summed E-state index contributed by atoms with van der Waals surface area (Å²) in [4.78, 5) is 116. The number of nitrogens with zero attached hydrogens (tertiary/aromatic N) is 1. The number of benzene rings is 3. The van der Waals surface area contributed by atoms with E-state index in [2.05, 4.69) is 26.3 Å². The minimum Gasteiger partial charge on any atom is -0.481 e. The molecular formula is C45H51FN8O18S2. The van der Waals surface area contributed by atoms with Crippen LogP contribution in [-0.4, -0.2) is 148 Å². The van der Waals surface area contributed by atoms with Gasteiger partial charge in [0.15, 0.2) is 0 Å². The smallest absolute Gasteiger partial charge is 0.326 e. The Morgan fingerprint density at radius 2 is 1.09 bits per heavy atom. The van der Waals surface area contributed by atoms with Crippen molar-refractivity contribution in [3.8, 4) is 0 Å². The van der Waals surface area contributed by atoms with Crippen molar-refractivity contribution < 1.29 is 88.8 Å². The summed E-state index contributed by atoms with van der Waals surface area (Å²) in [5, 5.41) is 45.3. The number of halogens is 1. The number of urea groups is 1. The first-order valence-corrected chi connectivity index (χ1v) is 25.3. The first-order valence-electron chi connectivity index (χ1n) is 22.1. The van der Waals surface area contributed by atoms with Crippen molar-refractivity contribution in [2.75, 3.05) is 18.1 Å². The van der Waals surface area contributed by atoms with E-state index >= 15 is 0 Å². The van der Waals surface area contributed by atoms with Gasteiger partial charge in [-0.25, -0.2) is 19.4 Å². The van der Waals surface area contributed by atoms with Crippen molar-refractivity contribution in [1.29, 1.82) is 0 Å². The molecule has 12 N–H and O–H groups in total. The summed E-state index contributed by atoms with van der Waals surface area (Å²) in [6.45, 7) is -0.394. The summed E-state index contributed by atoms with van der Waals surface area (Å²) in [6, 6.07) is 10.3. The van der Waals surface area contributed by atoms with Crippen LogP contribution in [0.4, 0.5) is 9.18 Å². The molecule has 74 heavy (non-hydrogen) atoms. The zero-order valence-electron chi connectivity index (χ0n) is 38.7. The molecule has 4 aromatic rings. The van der Waals surface area contributed by atoms with E-state index < -0.39 is 134 Å². The van der Waals surface area contributed by atoms with Crippen molar-refractivity contribution >= 4 is 84.5 Å². The number of carboxylic acid groups (broad SMARTS) is 3. The maximum Gasteiger partial charge on any atom is 0.326 e. The van der Waals surface area contributed by atoms with E-state index in [0.717, 1.165) is 29.1 Å². The number of carbonyl (C=O) groups excluding carboxylic acids is 6. The lowest BCUT2D eigenvalue weighted by Crippen LogP contribution is -2.57. The number of nitrogens with one attached hydrogen (secondary N) is 7. The quantitative estimate of drug-likeness (QED) is 0.0198. The molecule has 4 rings (SSSR count). The van der Waals surface area contributed by atoms with Crippen molar-refractivity contribution in [2.45, 2.75) is 75.3 Å². The summed E-state index contributed by atoms with van der Waals surface area (Å²) >= 11 is 0. The van der Waals surface area contributed by atoms with Gasteiger partial charge in [-0.15, -0.1) is 0 Å². The molecule has 0 aliphatic heterocycles. The van der Waals surface area contributed by atoms with Gasteiger partial charge in [0.2, 0.25) is 23.7 Å². The van der Waals surface area contributed by atoms with Crippen LogP contribution in [0.5, 0.6) is 0 Å². The fraction of sp³-hybridized carbons (Fsp3) is 0.333. The van der Waals surface area contributed by atoms with Gasteiger partial charge in [-0.3, -0.25) is 37.9 Å². The predicted molar refractivity (Wildman–Crippen MR) is 256 cm³/mol. The van der Waals surface area contributed by atoms with Crippen molar-refractivity contribution in [1.82, 2.24) is 42.2 Å². The minimum atomic E-state index is -5.02. The van der Waals surface area contributed by atoms with Crippen LogP contribution in [0, 0.1) is 5.95 Å². The van der Waals surface area contributed by atoms with Gasteiger partial charge in [-0.1, -0.05) is 54.6 Å². The third-order valence-electron chi connectivity index (χ3n) is 10.6. The molecule has 5 atom stereocenters. The Hall–Kier alpha value is -8.15. The molecule has 0 unspecified atom stereocenters. The summed E-state index contributed by atoms with van der Waals surface area (Å²) in [5.74, 6) is -13.4. The molecule has 1 heterocycles. The molecule has 0 aliphatic carbocycles. The highest BCUT2D eigenvalue weighted by Gasteiger charge is 2.33. The molecule has 0 saturated heterocycles. The van der Waals surface area contributed by atoms with Crippen LogP contribution in [0.1, 0.15) is 63.9 Å². The van der Waals surface area contributed by atoms with E-state index in [0.29, 0.717) is 11.1 Å². The predicted octanol–water partition coefficient (Wildman–Crippen LogP) is -0.253. The average molecular weight is 1080 g/mol. The van der Waals surface area contributed by atoms with Crippen LogP contribution in [0.3, 0.4) is 0 Å². The highest BCUT2D eigenvalue weighted by Crippen LogP contribution is 2.18. The molecule has 26 nitrogen and oxygen atoms in total. The Morgan fingerprint density at radius 1 is 0.554 bits per heavy atom. The standard InChI is InChI=1S/C45H51FN8O18S2/c46-36-16-14-30(22-48-36)39(58)51-35(24-74(70,71)72)42(61)52-34(23-73(67,68)69)41(60)49-21-25-8-12-28(13-9-25)38(57)50-33(20-26-10-11-27-5-1-2-6-29(27)19-26)40(59)47-18-4-3-7-31(43(62)63)53-45(66)54-32(44(64)65)15-17-37(55)56/h1-2,5-6,8-14,16,19,22,31-35H,3-4,7,15,17-18,20-21,23-24H2,(H,47,59)(H,49,60)(H,50,57)(H,51,58)(H,52,61)(H,55,56)(H,62,63)(H,64,65)(H2,53,54,66)(H,67,68,69)(H,70,71,72)/t31-,32-,33-,34+,35-/m0/s1. The number of amides is 7. The van der Waals surface area contributed by atoms with E-state index in [1.807, 2.05) is 52.3 Å². The van der Waals surface area contributed by atoms with Gasteiger partial charge in [-0.2, -0.15) is 21.2 Å². The molecule has 0 bridgehead atoms. The Morgan fingerprint density at radius 3 is 1.68 bits per heavy atom. The number of fused-ring (bicyclic) bond motifs is 1. The summed E-state index contributed by atoms with van der Waals surface area (Å²) in [5.41, 5.74) is 0.641. The van der Waals surface area contributed by atoms with Gasteiger partial charge in [0.1, 0.15) is 41.7 Å². The number of rotatable bonds is 28. The van der Waals surface area contributed by atoms with E-state index in [1.165, 1.54) is 24.3 Å². The molecule has 0 radical (unpaired) electrons. The summed E-state index contributed by atoms with van der Waals surface area (Å²) in [7, 11) is -10.0. The molecule has 29 heteroatoms. The molecule has 1 aromatic heterocycles. The van der Waals surface area contributed by atoms with Crippen LogP contribution < -0.4 is 37.2 Å². The lowest BCUT2D eigenvalue weighted by molar-refractivity contribution is -0.141. The first kappa shape index (κ1) is 58.4. The number of aliphatic carboxylic acids is 3. The minimum absolute atomic E-state index is 0.00632. The number of hydrogen-bond donors (Lipinski definition) is 12. The second-order valence-electron chi connectivity index (χ2n) is 16.4. The van der Waals surface area contributed by atoms with Crippen molar-refractivity contribution in [2.24, 2.45) is 0 Å². The Kier molecular flexibility index (Phi) is 21.4. The molecule has 0 aliphatic rings. The normalized spacial score (nSPS) is 13.4. The topological polar surface area (TPSA) is 420 Å². The van der Waals surface area contributed by atoms with E-state index in [9.17, 15) is 83.7 Å². The lowest BCUT2D eigenvalue weighted by atomic mass is 10.0. The maximum absolute atomic E-state index is 13.6. The van der Waals surface area contributed by atoms with Gasteiger partial charge < -0.3 is 52.5 Å². The zero-order valence-corrected chi connectivity index (χ0v) is 40.4. The SMILES string of the molecule is O=C(O)CC[C@H](NC(=O)N[C@@H](CCCCNC(=O)[C@H](Cc1ccc2ccccc2c1)NC(=O)c1ccc(CNC(=O)[C@@H](CS(=O)(=O)O)NC(=O)[C@H](CS(=O)(=O)O)NC(=O)c2ccc(F)nc2)cc1)C(=O)O)C(=O)O. The second kappa shape index (κ2) is 27.1. The zero-order chi connectivity index (χ0) is 54.8. The van der Waals surface area contributed by atoms with Crippen molar-refractivity contribution in [3.63, 3.8) is 0 Å². The molecule has 0 saturated carbocycles. The number of carboxylic acids is 3. The molecule has 0 spiro atoms. The third-order valence-corrected chi connectivity index (χ3v) is 12.1. The highest BCUT2D eigenvalue weighted by atomic mass is 32.2. The largest absolute Gasteiger partial charge is 0.481 e. The molecule has 0 fully saturated rings. The van der Waals surface area contributed by atoms with Gasteiger partial charge >= 0.3 is 23.9 Å². The van der Waals surface area contributed by atoms with Crippen LogP contribution >= 0.6 is 0 Å². The van der Waals surface area contributed by atoms with Gasteiger partial charge in [-0.05, 0) is 71.8 Å². The monoisotopic (exact) mass is 1070 g/mol. The fourth-order valence-electron chi connectivity index (χ4n) is 6.90. The van der Waals surface area contributed by atoms with E-state index in [1.54, 1.807) is 6.07 Å². The Labute approximate surface area is 420 Å². The molecule has 3 aromatic carbocycles. The van der Waals surface area contributed by atoms with Gasteiger partial charge in [0, 0.05) is 37.7 Å².